The third kappa shape index (κ3) is 4.81. The predicted octanol–water partition coefficient (Wildman–Crippen LogP) is 2.83. The van der Waals surface area contributed by atoms with Gasteiger partial charge in [-0.3, -0.25) is 24.1 Å². The summed E-state index contributed by atoms with van der Waals surface area (Å²) in [5.74, 6) is -2.03. The first-order valence-electron chi connectivity index (χ1n) is 9.04. The zero-order valence-electron chi connectivity index (χ0n) is 15.7. The van der Waals surface area contributed by atoms with Crippen LogP contribution in [-0.2, 0) is 25.5 Å². The number of imide groups is 1. The number of hydrogen-bond donors (Lipinski definition) is 1. The summed E-state index contributed by atoms with van der Waals surface area (Å²) in [4.78, 5) is 50.0. The smallest absolute Gasteiger partial charge is 0.308 e. The molecule has 0 aromatic heterocycles. The van der Waals surface area contributed by atoms with E-state index in [4.69, 9.17) is 16.3 Å². The summed E-state index contributed by atoms with van der Waals surface area (Å²) in [5.41, 5.74) is 1.53. The SMILES string of the molecule is C[C@H](OC(=O)CCN1C(=O)Cc2ccccc2C1=O)C(=O)Nc1ccccc1Cl. The molecular formula is C21H19ClN2O5. The minimum atomic E-state index is -1.06. The van der Waals surface area contributed by atoms with Crippen molar-refractivity contribution in [2.45, 2.75) is 25.9 Å². The first-order chi connectivity index (χ1) is 13.9. The highest BCUT2D eigenvalue weighted by Gasteiger charge is 2.31. The molecule has 1 atom stereocenters. The van der Waals surface area contributed by atoms with Crippen LogP contribution in [0.15, 0.2) is 48.5 Å². The third-order valence-corrected chi connectivity index (χ3v) is 4.81. The Kier molecular flexibility index (Phi) is 6.29. The number of hydrogen-bond acceptors (Lipinski definition) is 5. The van der Waals surface area contributed by atoms with Crippen molar-refractivity contribution in [3.63, 3.8) is 0 Å². The van der Waals surface area contributed by atoms with E-state index in [1.165, 1.54) is 6.92 Å². The van der Waals surface area contributed by atoms with Crippen molar-refractivity contribution in [2.75, 3.05) is 11.9 Å². The topological polar surface area (TPSA) is 92.8 Å². The number of fused-ring (bicyclic) bond motifs is 1. The van der Waals surface area contributed by atoms with Crippen molar-refractivity contribution in [3.8, 4) is 0 Å². The number of halogens is 1. The van der Waals surface area contributed by atoms with Crippen LogP contribution >= 0.6 is 11.6 Å². The maximum absolute atomic E-state index is 12.5. The van der Waals surface area contributed by atoms with Gasteiger partial charge in [0.05, 0.1) is 23.6 Å². The molecule has 8 heteroatoms. The minimum absolute atomic E-state index is 0.105. The maximum atomic E-state index is 12.5. The van der Waals surface area contributed by atoms with Gasteiger partial charge in [-0.05, 0) is 30.7 Å². The molecule has 150 valence electrons. The molecular weight excluding hydrogens is 396 g/mol. The summed E-state index contributed by atoms with van der Waals surface area (Å²) < 4.78 is 5.11. The average molecular weight is 415 g/mol. The Balaban J connectivity index is 1.53. The van der Waals surface area contributed by atoms with Gasteiger partial charge in [-0.25, -0.2) is 0 Å². The Morgan fingerprint density at radius 3 is 2.59 bits per heavy atom. The fourth-order valence-electron chi connectivity index (χ4n) is 2.94. The molecule has 3 amide bonds. The van der Waals surface area contributed by atoms with E-state index in [1.54, 1.807) is 48.5 Å². The van der Waals surface area contributed by atoms with Crippen molar-refractivity contribution in [2.24, 2.45) is 0 Å². The molecule has 0 spiro atoms. The predicted molar refractivity (Wildman–Crippen MR) is 106 cm³/mol. The molecule has 1 aliphatic heterocycles. The molecule has 0 aliphatic carbocycles. The lowest BCUT2D eigenvalue weighted by molar-refractivity contribution is -0.153. The molecule has 1 heterocycles. The Bertz CT molecular complexity index is 975. The van der Waals surface area contributed by atoms with E-state index < -0.39 is 23.9 Å². The Morgan fingerprint density at radius 1 is 1.14 bits per heavy atom. The molecule has 1 N–H and O–H groups in total. The van der Waals surface area contributed by atoms with Crippen molar-refractivity contribution >= 4 is 41.0 Å². The summed E-state index contributed by atoms with van der Waals surface area (Å²) >= 11 is 5.99. The second-order valence-electron chi connectivity index (χ2n) is 6.54. The van der Waals surface area contributed by atoms with Crippen LogP contribution in [0.2, 0.25) is 5.02 Å². The van der Waals surface area contributed by atoms with E-state index >= 15 is 0 Å². The molecule has 3 rings (SSSR count). The monoisotopic (exact) mass is 414 g/mol. The molecule has 2 aromatic rings. The summed E-state index contributed by atoms with van der Waals surface area (Å²) in [6.07, 6.45) is -1.16. The number of anilines is 1. The van der Waals surface area contributed by atoms with E-state index in [-0.39, 0.29) is 25.3 Å². The highest BCUT2D eigenvalue weighted by atomic mass is 35.5. The van der Waals surface area contributed by atoms with Gasteiger partial charge in [0, 0.05) is 12.1 Å². The van der Waals surface area contributed by atoms with E-state index in [0.29, 0.717) is 21.8 Å². The van der Waals surface area contributed by atoms with Crippen molar-refractivity contribution < 1.29 is 23.9 Å². The zero-order chi connectivity index (χ0) is 21.0. The Labute approximate surface area is 172 Å². The fourth-order valence-corrected chi connectivity index (χ4v) is 3.12. The van der Waals surface area contributed by atoms with Crippen molar-refractivity contribution in [3.05, 3.63) is 64.7 Å². The number of amides is 3. The lowest BCUT2D eigenvalue weighted by Crippen LogP contribution is -2.43. The largest absolute Gasteiger partial charge is 0.452 e. The molecule has 0 unspecified atom stereocenters. The van der Waals surface area contributed by atoms with Crippen molar-refractivity contribution in [1.29, 1.82) is 0 Å². The summed E-state index contributed by atoms with van der Waals surface area (Å²) in [5, 5.41) is 2.94. The van der Waals surface area contributed by atoms with Crippen LogP contribution in [0.25, 0.3) is 0 Å². The summed E-state index contributed by atoms with van der Waals surface area (Å²) in [6, 6.07) is 13.6. The average Bonchev–Trinajstić information content (AvgIpc) is 2.69. The highest BCUT2D eigenvalue weighted by molar-refractivity contribution is 6.33. The van der Waals surface area contributed by atoms with Gasteiger partial charge in [0.15, 0.2) is 6.10 Å². The van der Waals surface area contributed by atoms with Crippen LogP contribution in [0, 0.1) is 0 Å². The molecule has 0 fully saturated rings. The lowest BCUT2D eigenvalue weighted by atomic mass is 9.98. The number of nitrogens with one attached hydrogen (secondary N) is 1. The number of carbonyl (C=O) groups excluding carboxylic acids is 4. The number of nitrogens with zero attached hydrogens (tertiary/aromatic N) is 1. The highest BCUT2D eigenvalue weighted by Crippen LogP contribution is 2.21. The van der Waals surface area contributed by atoms with E-state index in [1.807, 2.05) is 0 Å². The number of benzene rings is 2. The van der Waals surface area contributed by atoms with Gasteiger partial charge in [0.1, 0.15) is 0 Å². The third-order valence-electron chi connectivity index (χ3n) is 4.48. The van der Waals surface area contributed by atoms with Crippen LogP contribution in [0.4, 0.5) is 5.69 Å². The molecule has 7 nitrogen and oxygen atoms in total. The maximum Gasteiger partial charge on any atom is 0.308 e. The van der Waals surface area contributed by atoms with Gasteiger partial charge in [-0.15, -0.1) is 0 Å². The minimum Gasteiger partial charge on any atom is -0.452 e. The fraction of sp³-hybridized carbons (Fsp3) is 0.238. The second-order valence-corrected chi connectivity index (χ2v) is 6.94. The first-order valence-corrected chi connectivity index (χ1v) is 9.42. The molecule has 2 aromatic carbocycles. The number of esters is 1. The van der Waals surface area contributed by atoms with Gasteiger partial charge in [0.25, 0.3) is 11.8 Å². The Morgan fingerprint density at radius 2 is 1.83 bits per heavy atom. The number of rotatable bonds is 6. The second kappa shape index (κ2) is 8.87. The van der Waals surface area contributed by atoms with Gasteiger partial charge < -0.3 is 10.1 Å². The summed E-state index contributed by atoms with van der Waals surface area (Å²) in [7, 11) is 0. The standard InChI is InChI=1S/C21H19ClN2O5/c1-13(20(27)23-17-9-5-4-8-16(17)22)29-19(26)10-11-24-18(25)12-14-6-2-3-7-15(14)21(24)28/h2-9,13H,10-12H2,1H3,(H,23,27)/t13-/m0/s1. The number of para-hydroxylation sites is 1. The molecule has 0 bridgehead atoms. The Hall–Kier alpha value is -3.19. The molecule has 0 saturated heterocycles. The van der Waals surface area contributed by atoms with Crippen LogP contribution in [0.5, 0.6) is 0 Å². The number of ether oxygens (including phenoxy) is 1. The quantitative estimate of drug-likeness (QED) is 0.579. The van der Waals surface area contributed by atoms with Crippen LogP contribution in [-0.4, -0.2) is 41.2 Å². The number of carbonyl (C=O) groups is 4. The first kappa shape index (κ1) is 20.5. The van der Waals surface area contributed by atoms with Crippen LogP contribution in [0.3, 0.4) is 0 Å². The van der Waals surface area contributed by atoms with E-state index in [0.717, 1.165) is 4.90 Å². The normalized spacial score (nSPS) is 14.2. The molecule has 0 radical (unpaired) electrons. The van der Waals surface area contributed by atoms with Gasteiger partial charge in [0.2, 0.25) is 5.91 Å². The van der Waals surface area contributed by atoms with Gasteiger partial charge >= 0.3 is 5.97 Å². The van der Waals surface area contributed by atoms with Gasteiger partial charge in [-0.2, -0.15) is 0 Å². The summed E-state index contributed by atoms with van der Waals surface area (Å²) in [6.45, 7) is 1.32. The lowest BCUT2D eigenvalue weighted by Gasteiger charge is -2.26. The molecule has 1 aliphatic rings. The zero-order valence-corrected chi connectivity index (χ0v) is 16.4. The van der Waals surface area contributed by atoms with Crippen LogP contribution in [0.1, 0.15) is 29.3 Å². The van der Waals surface area contributed by atoms with Gasteiger partial charge in [-0.1, -0.05) is 41.9 Å². The molecule has 29 heavy (non-hydrogen) atoms. The van der Waals surface area contributed by atoms with Crippen molar-refractivity contribution in [1.82, 2.24) is 4.90 Å². The van der Waals surface area contributed by atoms with E-state index in [2.05, 4.69) is 5.32 Å². The molecule has 0 saturated carbocycles. The van der Waals surface area contributed by atoms with E-state index in [9.17, 15) is 19.2 Å². The van der Waals surface area contributed by atoms with Crippen LogP contribution < -0.4 is 5.32 Å².